The molecule has 2 aromatic rings. The molecular formula is C20H27NO. The summed E-state index contributed by atoms with van der Waals surface area (Å²) in [7, 11) is 4.15. The predicted octanol–water partition coefficient (Wildman–Crippen LogP) is 4.17. The molecule has 0 saturated carbocycles. The van der Waals surface area contributed by atoms with Crippen LogP contribution in [-0.2, 0) is 11.2 Å². The Balaban J connectivity index is 2.09. The van der Waals surface area contributed by atoms with Gasteiger partial charge in [-0.05, 0) is 39.1 Å². The van der Waals surface area contributed by atoms with Crippen molar-refractivity contribution in [3.63, 3.8) is 0 Å². The van der Waals surface area contributed by atoms with Crippen LogP contribution in [0.4, 0.5) is 0 Å². The molecule has 22 heavy (non-hydrogen) atoms. The number of rotatable bonds is 7. The standard InChI is InChI=1S/C20H27NO/c1-16-5-9-18(10-6-16)15-20(22-14-13-21(3)4)19-11-7-17(2)8-12-19/h5-12,20H,13-15H2,1-4H3. The average Bonchev–Trinajstić information content (AvgIpc) is 2.49. The van der Waals surface area contributed by atoms with Crippen LogP contribution in [0.5, 0.6) is 0 Å². The number of ether oxygens (including phenoxy) is 1. The Morgan fingerprint density at radius 1 is 0.864 bits per heavy atom. The lowest BCUT2D eigenvalue weighted by Gasteiger charge is -2.20. The van der Waals surface area contributed by atoms with Crippen LogP contribution in [-0.4, -0.2) is 32.1 Å². The topological polar surface area (TPSA) is 12.5 Å². The maximum atomic E-state index is 6.17. The van der Waals surface area contributed by atoms with E-state index in [1.807, 2.05) is 0 Å². The molecule has 2 aromatic carbocycles. The Labute approximate surface area is 134 Å². The minimum Gasteiger partial charge on any atom is -0.372 e. The third-order valence-corrected chi connectivity index (χ3v) is 3.85. The highest BCUT2D eigenvalue weighted by atomic mass is 16.5. The zero-order valence-electron chi connectivity index (χ0n) is 14.2. The van der Waals surface area contributed by atoms with Crippen molar-refractivity contribution in [3.8, 4) is 0 Å². The first-order chi connectivity index (χ1) is 10.5. The number of nitrogens with zero attached hydrogens (tertiary/aromatic N) is 1. The lowest BCUT2D eigenvalue weighted by Crippen LogP contribution is -2.20. The summed E-state index contributed by atoms with van der Waals surface area (Å²) in [6.07, 6.45) is 1.03. The molecule has 0 spiro atoms. The number of hydrogen-bond acceptors (Lipinski definition) is 2. The molecular weight excluding hydrogens is 270 g/mol. The van der Waals surface area contributed by atoms with Crippen LogP contribution < -0.4 is 0 Å². The fraction of sp³-hybridized carbons (Fsp3) is 0.400. The van der Waals surface area contributed by atoms with Crippen molar-refractivity contribution in [3.05, 3.63) is 70.8 Å². The average molecular weight is 297 g/mol. The summed E-state index contributed by atoms with van der Waals surface area (Å²) in [6, 6.07) is 17.4. The minimum atomic E-state index is 0.114. The van der Waals surface area contributed by atoms with Gasteiger partial charge in [0.15, 0.2) is 0 Å². The SMILES string of the molecule is Cc1ccc(CC(OCCN(C)C)c2ccc(C)cc2)cc1. The van der Waals surface area contributed by atoms with Gasteiger partial charge in [-0.1, -0.05) is 59.7 Å². The highest BCUT2D eigenvalue weighted by molar-refractivity contribution is 5.27. The molecule has 1 unspecified atom stereocenters. The maximum absolute atomic E-state index is 6.17. The normalized spacial score (nSPS) is 12.6. The van der Waals surface area contributed by atoms with E-state index in [0.29, 0.717) is 0 Å². The van der Waals surface area contributed by atoms with Gasteiger partial charge in [0.05, 0.1) is 12.7 Å². The van der Waals surface area contributed by atoms with Gasteiger partial charge in [-0.25, -0.2) is 0 Å². The van der Waals surface area contributed by atoms with Gasteiger partial charge >= 0.3 is 0 Å². The second kappa shape index (κ2) is 8.11. The van der Waals surface area contributed by atoms with Crippen molar-refractivity contribution >= 4 is 0 Å². The molecule has 1 atom stereocenters. The lowest BCUT2D eigenvalue weighted by atomic mass is 9.99. The number of hydrogen-bond donors (Lipinski definition) is 0. The van der Waals surface area contributed by atoms with E-state index in [4.69, 9.17) is 4.74 Å². The summed E-state index contributed by atoms with van der Waals surface area (Å²) in [5, 5.41) is 0. The lowest BCUT2D eigenvalue weighted by molar-refractivity contribution is 0.0436. The van der Waals surface area contributed by atoms with Crippen molar-refractivity contribution in [1.29, 1.82) is 0 Å². The van der Waals surface area contributed by atoms with Gasteiger partial charge in [-0.2, -0.15) is 0 Å². The summed E-state index contributed by atoms with van der Waals surface area (Å²) >= 11 is 0. The number of aryl methyl sites for hydroxylation is 2. The van der Waals surface area contributed by atoms with E-state index in [1.54, 1.807) is 0 Å². The summed E-state index contributed by atoms with van der Waals surface area (Å²) in [6.45, 7) is 5.92. The molecule has 0 bridgehead atoms. The minimum absolute atomic E-state index is 0.114. The van der Waals surface area contributed by atoms with E-state index in [9.17, 15) is 0 Å². The van der Waals surface area contributed by atoms with Gasteiger partial charge in [-0.15, -0.1) is 0 Å². The highest BCUT2D eigenvalue weighted by Gasteiger charge is 2.13. The van der Waals surface area contributed by atoms with Gasteiger partial charge < -0.3 is 9.64 Å². The van der Waals surface area contributed by atoms with Gasteiger partial charge in [0.25, 0.3) is 0 Å². The molecule has 2 nitrogen and oxygen atoms in total. The van der Waals surface area contributed by atoms with Crippen LogP contribution in [0.25, 0.3) is 0 Å². The second-order valence-electron chi connectivity index (χ2n) is 6.26. The van der Waals surface area contributed by atoms with Crippen LogP contribution in [0.1, 0.15) is 28.4 Å². The van der Waals surface area contributed by atoms with E-state index in [2.05, 4.69) is 81.4 Å². The Bertz CT molecular complexity index is 557. The van der Waals surface area contributed by atoms with Crippen LogP contribution in [0, 0.1) is 13.8 Å². The number of likely N-dealkylation sites (N-methyl/N-ethyl adjacent to an activating group) is 1. The smallest absolute Gasteiger partial charge is 0.0865 e. The quantitative estimate of drug-likeness (QED) is 0.760. The first-order valence-corrected chi connectivity index (χ1v) is 7.93. The molecule has 2 rings (SSSR count). The van der Waals surface area contributed by atoms with Gasteiger partial charge in [0, 0.05) is 13.0 Å². The summed E-state index contributed by atoms with van der Waals surface area (Å²) in [4.78, 5) is 2.15. The molecule has 0 aliphatic rings. The summed E-state index contributed by atoms with van der Waals surface area (Å²) in [5.41, 5.74) is 5.15. The van der Waals surface area contributed by atoms with E-state index >= 15 is 0 Å². The predicted molar refractivity (Wildman–Crippen MR) is 93.3 cm³/mol. The summed E-state index contributed by atoms with van der Waals surface area (Å²) < 4.78 is 6.17. The van der Waals surface area contributed by atoms with Crippen LogP contribution in [0.15, 0.2) is 48.5 Å². The van der Waals surface area contributed by atoms with Crippen LogP contribution in [0.2, 0.25) is 0 Å². The first kappa shape index (κ1) is 16.7. The Hall–Kier alpha value is -1.64. The third kappa shape index (κ3) is 5.28. The Morgan fingerprint density at radius 2 is 1.41 bits per heavy atom. The summed E-state index contributed by atoms with van der Waals surface area (Å²) in [5.74, 6) is 0. The van der Waals surface area contributed by atoms with Crippen molar-refractivity contribution in [2.45, 2.75) is 26.4 Å². The first-order valence-electron chi connectivity index (χ1n) is 7.93. The Morgan fingerprint density at radius 3 is 1.95 bits per heavy atom. The van der Waals surface area contributed by atoms with E-state index in [1.165, 1.54) is 22.3 Å². The second-order valence-corrected chi connectivity index (χ2v) is 6.26. The monoisotopic (exact) mass is 297 g/mol. The highest BCUT2D eigenvalue weighted by Crippen LogP contribution is 2.23. The van der Waals surface area contributed by atoms with Crippen molar-refractivity contribution in [1.82, 2.24) is 4.90 Å². The van der Waals surface area contributed by atoms with Crippen molar-refractivity contribution in [2.24, 2.45) is 0 Å². The Kier molecular flexibility index (Phi) is 6.17. The van der Waals surface area contributed by atoms with E-state index in [0.717, 1.165) is 19.6 Å². The molecule has 0 amide bonds. The number of benzene rings is 2. The molecule has 0 saturated heterocycles. The molecule has 0 aromatic heterocycles. The largest absolute Gasteiger partial charge is 0.372 e. The van der Waals surface area contributed by atoms with Crippen molar-refractivity contribution in [2.75, 3.05) is 27.2 Å². The molecule has 0 N–H and O–H groups in total. The molecule has 0 radical (unpaired) electrons. The molecule has 0 heterocycles. The maximum Gasteiger partial charge on any atom is 0.0865 e. The van der Waals surface area contributed by atoms with Gasteiger partial charge in [-0.3, -0.25) is 0 Å². The van der Waals surface area contributed by atoms with Crippen LogP contribution >= 0.6 is 0 Å². The molecule has 0 aliphatic heterocycles. The molecule has 0 aliphatic carbocycles. The van der Waals surface area contributed by atoms with Gasteiger partial charge in [0.2, 0.25) is 0 Å². The zero-order chi connectivity index (χ0) is 15.9. The van der Waals surface area contributed by atoms with Crippen LogP contribution in [0.3, 0.4) is 0 Å². The molecule has 2 heteroatoms. The van der Waals surface area contributed by atoms with E-state index in [-0.39, 0.29) is 6.10 Å². The fourth-order valence-corrected chi connectivity index (χ4v) is 2.37. The van der Waals surface area contributed by atoms with Gasteiger partial charge in [0.1, 0.15) is 0 Å². The zero-order valence-corrected chi connectivity index (χ0v) is 14.2. The third-order valence-electron chi connectivity index (χ3n) is 3.85. The van der Waals surface area contributed by atoms with Crippen molar-refractivity contribution < 1.29 is 4.74 Å². The molecule has 0 fully saturated rings. The fourth-order valence-electron chi connectivity index (χ4n) is 2.37. The molecule has 118 valence electrons. The van der Waals surface area contributed by atoms with E-state index < -0.39 is 0 Å².